The Morgan fingerprint density at radius 3 is 2.00 bits per heavy atom. The molecule has 0 unspecified atom stereocenters. The van der Waals surface area contributed by atoms with Gasteiger partial charge in [0.05, 0.1) is 6.61 Å². The number of benzene rings is 1. The van der Waals surface area contributed by atoms with Crippen molar-refractivity contribution >= 4 is 0 Å². The number of allylic oxidation sites excluding steroid dienone is 2. The minimum absolute atomic E-state index is 0.271. The number of rotatable bonds is 13. The van der Waals surface area contributed by atoms with Gasteiger partial charge in [0.1, 0.15) is 5.75 Å². The first-order chi connectivity index (χ1) is 11.3. The maximum Gasteiger partial charge on any atom is 0.119 e. The second-order valence-electron chi connectivity index (χ2n) is 6.97. The van der Waals surface area contributed by atoms with E-state index in [-0.39, 0.29) is 5.41 Å². The van der Waals surface area contributed by atoms with Crippen LogP contribution < -0.4 is 4.74 Å². The van der Waals surface area contributed by atoms with Crippen molar-refractivity contribution in [1.29, 1.82) is 0 Å². The summed E-state index contributed by atoms with van der Waals surface area (Å²) in [5.74, 6) is 1.02. The molecule has 1 heteroatoms. The van der Waals surface area contributed by atoms with E-state index in [1.54, 1.807) is 0 Å². The molecule has 0 atom stereocenters. The number of ether oxygens (including phenoxy) is 1. The lowest BCUT2D eigenvalue weighted by atomic mass is 9.88. The van der Waals surface area contributed by atoms with Gasteiger partial charge in [-0.2, -0.15) is 0 Å². The molecule has 1 aliphatic rings. The molecule has 0 radical (unpaired) electrons. The highest BCUT2D eigenvalue weighted by atomic mass is 16.5. The lowest BCUT2D eigenvalue weighted by Crippen LogP contribution is -2.08. The van der Waals surface area contributed by atoms with Crippen LogP contribution in [-0.4, -0.2) is 6.61 Å². The highest BCUT2D eigenvalue weighted by Gasteiger charge is 2.34. The van der Waals surface area contributed by atoms with E-state index >= 15 is 0 Å². The summed E-state index contributed by atoms with van der Waals surface area (Å²) in [5.41, 5.74) is 1.70. The van der Waals surface area contributed by atoms with Crippen molar-refractivity contribution < 1.29 is 4.74 Å². The molecule has 0 aromatic heterocycles. The topological polar surface area (TPSA) is 9.23 Å². The van der Waals surface area contributed by atoms with E-state index in [1.807, 2.05) is 0 Å². The van der Waals surface area contributed by atoms with Crippen LogP contribution in [0.4, 0.5) is 0 Å². The molecule has 0 saturated heterocycles. The van der Waals surface area contributed by atoms with E-state index in [9.17, 15) is 0 Å². The first-order valence-corrected chi connectivity index (χ1v) is 9.74. The van der Waals surface area contributed by atoms with Gasteiger partial charge in [-0.3, -0.25) is 0 Å². The van der Waals surface area contributed by atoms with Gasteiger partial charge in [0.15, 0.2) is 0 Å². The highest BCUT2D eigenvalue weighted by Crippen LogP contribution is 2.43. The predicted octanol–water partition coefficient (Wildman–Crippen LogP) is 6.81. The molecule has 0 bridgehead atoms. The number of hydrogen-bond donors (Lipinski definition) is 0. The third kappa shape index (κ3) is 6.05. The fourth-order valence-electron chi connectivity index (χ4n) is 3.21. The van der Waals surface area contributed by atoms with Crippen molar-refractivity contribution in [3.63, 3.8) is 0 Å². The van der Waals surface area contributed by atoms with E-state index in [1.165, 1.54) is 69.8 Å². The molecule has 2 rings (SSSR count). The van der Waals surface area contributed by atoms with E-state index in [0.717, 1.165) is 12.4 Å². The van der Waals surface area contributed by atoms with Crippen LogP contribution in [0, 0.1) is 0 Å². The molecular formula is C22H34O. The zero-order valence-electron chi connectivity index (χ0n) is 15.2. The second kappa shape index (κ2) is 9.80. The van der Waals surface area contributed by atoms with Crippen LogP contribution in [0.5, 0.6) is 5.75 Å². The highest BCUT2D eigenvalue weighted by molar-refractivity contribution is 5.48. The van der Waals surface area contributed by atoms with Crippen LogP contribution in [0.2, 0.25) is 0 Å². The predicted molar refractivity (Wildman–Crippen MR) is 100 cm³/mol. The van der Waals surface area contributed by atoms with Gasteiger partial charge < -0.3 is 4.74 Å². The van der Waals surface area contributed by atoms with Crippen LogP contribution in [0.3, 0.4) is 0 Å². The third-order valence-corrected chi connectivity index (χ3v) is 4.92. The summed E-state index contributed by atoms with van der Waals surface area (Å²) in [6.45, 7) is 5.38. The summed E-state index contributed by atoms with van der Waals surface area (Å²) >= 11 is 0. The lowest BCUT2D eigenvalue weighted by Gasteiger charge is -2.17. The van der Waals surface area contributed by atoms with Gasteiger partial charge in [-0.25, -0.2) is 0 Å². The number of hydrogen-bond acceptors (Lipinski definition) is 1. The van der Waals surface area contributed by atoms with E-state index in [2.05, 4.69) is 50.3 Å². The summed E-state index contributed by atoms with van der Waals surface area (Å²) in [4.78, 5) is 0. The number of unbranched alkanes of at least 4 members (excludes halogenated alkanes) is 7. The van der Waals surface area contributed by atoms with Crippen LogP contribution in [0.1, 0.15) is 83.6 Å². The van der Waals surface area contributed by atoms with Gasteiger partial charge >= 0.3 is 0 Å². The SMILES string of the molecule is CCCCCCCCOc1ccc(C2(CCCCC)C=C2)cc1. The Hall–Kier alpha value is -1.24. The Balaban J connectivity index is 1.66. The van der Waals surface area contributed by atoms with Gasteiger partial charge in [0.25, 0.3) is 0 Å². The summed E-state index contributed by atoms with van der Waals surface area (Å²) in [6.07, 6.45) is 17.8. The molecule has 1 nitrogen and oxygen atoms in total. The van der Waals surface area contributed by atoms with Gasteiger partial charge in [-0.05, 0) is 30.5 Å². The Bertz CT molecular complexity index is 451. The Labute approximate surface area is 143 Å². The van der Waals surface area contributed by atoms with Crippen LogP contribution in [0.15, 0.2) is 36.4 Å². The van der Waals surface area contributed by atoms with Gasteiger partial charge in [-0.1, -0.05) is 89.5 Å². The lowest BCUT2D eigenvalue weighted by molar-refractivity contribution is 0.304. The van der Waals surface area contributed by atoms with Crippen LogP contribution in [0.25, 0.3) is 0 Å². The second-order valence-corrected chi connectivity index (χ2v) is 6.97. The minimum atomic E-state index is 0.271. The van der Waals surface area contributed by atoms with Gasteiger partial charge in [-0.15, -0.1) is 0 Å². The summed E-state index contributed by atoms with van der Waals surface area (Å²) < 4.78 is 5.88. The van der Waals surface area contributed by atoms with E-state index < -0.39 is 0 Å². The largest absolute Gasteiger partial charge is 0.494 e. The molecule has 0 heterocycles. The zero-order valence-corrected chi connectivity index (χ0v) is 15.2. The first kappa shape index (κ1) is 18.1. The minimum Gasteiger partial charge on any atom is -0.494 e. The van der Waals surface area contributed by atoms with Crippen LogP contribution in [-0.2, 0) is 5.41 Å². The monoisotopic (exact) mass is 314 g/mol. The Morgan fingerprint density at radius 1 is 0.739 bits per heavy atom. The Morgan fingerprint density at radius 2 is 1.35 bits per heavy atom. The average Bonchev–Trinajstić information content (AvgIpc) is 3.36. The summed E-state index contributed by atoms with van der Waals surface area (Å²) in [6, 6.07) is 8.80. The zero-order chi connectivity index (χ0) is 16.4. The van der Waals surface area contributed by atoms with Crippen molar-refractivity contribution in [1.82, 2.24) is 0 Å². The molecule has 1 aromatic carbocycles. The molecule has 0 aliphatic heterocycles. The quantitative estimate of drug-likeness (QED) is 0.287. The maximum absolute atomic E-state index is 5.88. The summed E-state index contributed by atoms with van der Waals surface area (Å²) in [7, 11) is 0. The molecule has 1 aliphatic carbocycles. The van der Waals surface area contributed by atoms with Gasteiger partial charge in [0.2, 0.25) is 0 Å². The van der Waals surface area contributed by atoms with Crippen molar-refractivity contribution in [2.75, 3.05) is 6.61 Å². The molecule has 128 valence electrons. The van der Waals surface area contributed by atoms with Crippen molar-refractivity contribution in [3.05, 3.63) is 42.0 Å². The fourth-order valence-corrected chi connectivity index (χ4v) is 3.21. The molecule has 23 heavy (non-hydrogen) atoms. The van der Waals surface area contributed by atoms with Crippen molar-refractivity contribution in [2.45, 2.75) is 83.5 Å². The fraction of sp³-hybridized carbons (Fsp3) is 0.636. The maximum atomic E-state index is 5.88. The third-order valence-electron chi connectivity index (χ3n) is 4.92. The normalized spacial score (nSPS) is 14.9. The van der Waals surface area contributed by atoms with Gasteiger partial charge in [0, 0.05) is 5.41 Å². The smallest absolute Gasteiger partial charge is 0.119 e. The average molecular weight is 315 g/mol. The van der Waals surface area contributed by atoms with Crippen molar-refractivity contribution in [3.8, 4) is 5.75 Å². The summed E-state index contributed by atoms with van der Waals surface area (Å²) in [5, 5.41) is 0. The van der Waals surface area contributed by atoms with E-state index in [0.29, 0.717) is 0 Å². The molecular weight excluding hydrogens is 280 g/mol. The molecule has 0 N–H and O–H groups in total. The molecule has 0 amide bonds. The first-order valence-electron chi connectivity index (χ1n) is 9.74. The standard InChI is InChI=1S/C22H34O/c1-3-5-7-8-9-11-19-23-21-14-12-20(13-15-21)22(17-18-22)16-10-6-4-2/h12-15,17-18H,3-11,16,19H2,1-2H3. The Kier molecular flexibility index (Phi) is 7.71. The van der Waals surface area contributed by atoms with Crippen LogP contribution >= 0.6 is 0 Å². The molecule has 0 saturated carbocycles. The molecule has 0 fully saturated rings. The molecule has 1 aromatic rings. The van der Waals surface area contributed by atoms with Crippen molar-refractivity contribution in [2.24, 2.45) is 0 Å². The molecule has 0 spiro atoms. The van der Waals surface area contributed by atoms with E-state index in [4.69, 9.17) is 4.74 Å².